The van der Waals surface area contributed by atoms with E-state index in [1.54, 1.807) is 30.3 Å². The number of rotatable bonds is 6. The molecule has 1 rings (SSSR count). The van der Waals surface area contributed by atoms with E-state index in [2.05, 4.69) is 5.32 Å². The number of hydrogen-bond acceptors (Lipinski definition) is 4. The molecular weight excluding hydrogens is 294 g/mol. The van der Waals surface area contributed by atoms with Crippen molar-refractivity contribution in [1.29, 1.82) is 0 Å². The molecule has 0 aromatic heterocycles. The summed E-state index contributed by atoms with van der Waals surface area (Å²) in [5.74, 6) is -2.04. The summed E-state index contributed by atoms with van der Waals surface area (Å²) in [6, 6.07) is 7.62. The van der Waals surface area contributed by atoms with Crippen molar-refractivity contribution >= 4 is 21.7 Å². The Morgan fingerprint density at radius 1 is 1.24 bits per heavy atom. The summed E-state index contributed by atoms with van der Waals surface area (Å²) in [6.07, 6.45) is 1.03. The number of amides is 1. The maximum Gasteiger partial charge on any atom is 0.326 e. The van der Waals surface area contributed by atoms with Crippen molar-refractivity contribution in [3.05, 3.63) is 35.9 Å². The van der Waals surface area contributed by atoms with Crippen LogP contribution in [0.4, 0.5) is 0 Å². The number of hydrogen-bond donors (Lipinski definition) is 2. The fourth-order valence-corrected chi connectivity index (χ4v) is 1.95. The quantitative estimate of drug-likeness (QED) is 0.802. The number of carboxylic acid groups (broad SMARTS) is 1. The lowest BCUT2D eigenvalue weighted by atomic mass is 10.0. The molecule has 0 fully saturated rings. The molecule has 21 heavy (non-hydrogen) atoms. The minimum absolute atomic E-state index is 0.0851. The lowest BCUT2D eigenvalue weighted by Gasteiger charge is -2.24. The molecule has 0 aliphatic rings. The van der Waals surface area contributed by atoms with E-state index in [-0.39, 0.29) is 6.42 Å². The molecule has 116 valence electrons. The zero-order chi connectivity index (χ0) is 16.3. The third-order valence-electron chi connectivity index (χ3n) is 3.36. The van der Waals surface area contributed by atoms with Gasteiger partial charge in [0.1, 0.15) is 10.8 Å². The van der Waals surface area contributed by atoms with E-state index < -0.39 is 32.5 Å². The second-order valence-electron chi connectivity index (χ2n) is 5.34. The molecule has 1 aromatic rings. The van der Waals surface area contributed by atoms with E-state index in [9.17, 15) is 23.1 Å². The molecule has 2 N–H and O–H groups in total. The van der Waals surface area contributed by atoms with Crippen molar-refractivity contribution in [2.45, 2.75) is 31.1 Å². The first-order valence-corrected chi connectivity index (χ1v) is 8.22. The minimum atomic E-state index is -3.65. The van der Waals surface area contributed by atoms with Crippen molar-refractivity contribution < 1.29 is 23.1 Å². The molecule has 0 bridgehead atoms. The summed E-state index contributed by atoms with van der Waals surface area (Å²) >= 11 is 0. The van der Waals surface area contributed by atoms with Gasteiger partial charge in [-0.2, -0.15) is 0 Å². The van der Waals surface area contributed by atoms with Gasteiger partial charge < -0.3 is 10.4 Å². The second kappa shape index (κ2) is 6.26. The Morgan fingerprint density at radius 2 is 1.76 bits per heavy atom. The summed E-state index contributed by atoms with van der Waals surface area (Å²) in [5, 5.41) is 11.5. The monoisotopic (exact) mass is 313 g/mol. The third-order valence-corrected chi connectivity index (χ3v) is 5.40. The van der Waals surface area contributed by atoms with Gasteiger partial charge in [-0.25, -0.2) is 13.2 Å². The SMILES string of the molecule is CC(C)(C(=O)N[C@@H](Cc1ccccc1)C(=O)O)S(C)(=O)=O. The van der Waals surface area contributed by atoms with E-state index in [1.165, 1.54) is 13.8 Å². The van der Waals surface area contributed by atoms with Crippen LogP contribution in [0.5, 0.6) is 0 Å². The smallest absolute Gasteiger partial charge is 0.326 e. The number of carbonyl (C=O) groups excluding carboxylic acids is 1. The Bertz CT molecular complexity index is 622. The zero-order valence-electron chi connectivity index (χ0n) is 12.2. The minimum Gasteiger partial charge on any atom is -0.480 e. The lowest BCUT2D eigenvalue weighted by Crippen LogP contribution is -2.53. The largest absolute Gasteiger partial charge is 0.480 e. The molecular formula is C14H19NO5S. The van der Waals surface area contributed by atoms with Crippen LogP contribution in [0, 0.1) is 0 Å². The van der Waals surface area contributed by atoms with Crippen LogP contribution in [0.2, 0.25) is 0 Å². The highest BCUT2D eigenvalue weighted by Crippen LogP contribution is 2.16. The molecule has 0 spiro atoms. The molecule has 1 atom stereocenters. The Kier molecular flexibility index (Phi) is 5.11. The van der Waals surface area contributed by atoms with Gasteiger partial charge in [-0.15, -0.1) is 0 Å². The van der Waals surface area contributed by atoms with E-state index in [0.29, 0.717) is 0 Å². The summed E-state index contributed by atoms with van der Waals surface area (Å²) in [5.41, 5.74) is 0.738. The maximum atomic E-state index is 12.1. The number of carbonyl (C=O) groups is 2. The molecule has 0 saturated heterocycles. The van der Waals surface area contributed by atoms with Crippen LogP contribution >= 0.6 is 0 Å². The van der Waals surface area contributed by atoms with Crippen molar-refractivity contribution in [3.63, 3.8) is 0 Å². The van der Waals surface area contributed by atoms with Gasteiger partial charge in [0, 0.05) is 12.7 Å². The highest BCUT2D eigenvalue weighted by Gasteiger charge is 2.40. The maximum absolute atomic E-state index is 12.1. The molecule has 1 aromatic carbocycles. The molecule has 0 aliphatic carbocycles. The van der Waals surface area contributed by atoms with E-state index in [0.717, 1.165) is 11.8 Å². The molecule has 0 heterocycles. The van der Waals surface area contributed by atoms with Gasteiger partial charge in [-0.05, 0) is 19.4 Å². The van der Waals surface area contributed by atoms with Crippen molar-refractivity contribution in [2.75, 3.05) is 6.26 Å². The highest BCUT2D eigenvalue weighted by atomic mass is 32.2. The average molecular weight is 313 g/mol. The Labute approximate surface area is 124 Å². The van der Waals surface area contributed by atoms with Gasteiger partial charge in [0.15, 0.2) is 9.84 Å². The summed E-state index contributed by atoms with van der Waals surface area (Å²) in [6.45, 7) is 2.50. The van der Waals surface area contributed by atoms with Crippen LogP contribution in [0.1, 0.15) is 19.4 Å². The number of sulfone groups is 1. The van der Waals surface area contributed by atoms with Gasteiger partial charge >= 0.3 is 5.97 Å². The van der Waals surface area contributed by atoms with E-state index in [4.69, 9.17) is 0 Å². The van der Waals surface area contributed by atoms with Crippen molar-refractivity contribution in [1.82, 2.24) is 5.32 Å². The Balaban J connectivity index is 2.90. The molecule has 1 amide bonds. The van der Waals surface area contributed by atoms with Gasteiger partial charge in [0.2, 0.25) is 5.91 Å². The van der Waals surface area contributed by atoms with Gasteiger partial charge in [0.25, 0.3) is 0 Å². The summed E-state index contributed by atoms with van der Waals surface area (Å²) in [7, 11) is -3.65. The molecule has 6 nitrogen and oxygen atoms in total. The summed E-state index contributed by atoms with van der Waals surface area (Å²) < 4.78 is 21.5. The van der Waals surface area contributed by atoms with Crippen LogP contribution in [0.25, 0.3) is 0 Å². The second-order valence-corrected chi connectivity index (χ2v) is 7.90. The average Bonchev–Trinajstić information content (AvgIpc) is 2.37. The fraction of sp³-hybridized carbons (Fsp3) is 0.429. The van der Waals surface area contributed by atoms with Crippen molar-refractivity contribution in [3.8, 4) is 0 Å². The van der Waals surface area contributed by atoms with Crippen LogP contribution in [0.15, 0.2) is 30.3 Å². The van der Waals surface area contributed by atoms with Gasteiger partial charge in [-0.3, -0.25) is 4.79 Å². The number of benzene rings is 1. The normalized spacial score (nSPS) is 13.5. The van der Waals surface area contributed by atoms with Crippen LogP contribution < -0.4 is 5.32 Å². The predicted octanol–water partition coefficient (Wildman–Crippen LogP) is 0.622. The zero-order valence-corrected chi connectivity index (χ0v) is 13.0. The first kappa shape index (κ1) is 17.2. The van der Waals surface area contributed by atoms with Crippen molar-refractivity contribution in [2.24, 2.45) is 0 Å². The molecule has 7 heteroatoms. The summed E-state index contributed by atoms with van der Waals surface area (Å²) in [4.78, 5) is 23.3. The topological polar surface area (TPSA) is 101 Å². The first-order chi connectivity index (χ1) is 9.55. The van der Waals surface area contributed by atoms with Crippen LogP contribution in [-0.2, 0) is 25.8 Å². The van der Waals surface area contributed by atoms with E-state index in [1.807, 2.05) is 0 Å². The van der Waals surface area contributed by atoms with Crippen LogP contribution in [-0.4, -0.2) is 42.4 Å². The lowest BCUT2D eigenvalue weighted by molar-refractivity contribution is -0.142. The van der Waals surface area contributed by atoms with E-state index >= 15 is 0 Å². The number of carboxylic acids is 1. The molecule has 0 radical (unpaired) electrons. The standard InChI is InChI=1S/C14H19NO5S/c1-14(2,21(3,19)20)13(18)15-11(12(16)17)9-10-7-5-4-6-8-10/h4-8,11H,9H2,1-3H3,(H,15,18)(H,16,17)/t11-/m0/s1. The van der Waals surface area contributed by atoms with Crippen LogP contribution in [0.3, 0.4) is 0 Å². The van der Waals surface area contributed by atoms with Gasteiger partial charge in [0.05, 0.1) is 0 Å². The first-order valence-electron chi connectivity index (χ1n) is 6.33. The number of aliphatic carboxylic acids is 1. The molecule has 0 unspecified atom stereocenters. The predicted molar refractivity (Wildman–Crippen MR) is 78.6 cm³/mol. The Morgan fingerprint density at radius 3 is 2.19 bits per heavy atom. The van der Waals surface area contributed by atoms with Gasteiger partial charge in [-0.1, -0.05) is 30.3 Å². The number of nitrogens with one attached hydrogen (secondary N) is 1. The third kappa shape index (κ3) is 4.29. The molecule has 0 saturated carbocycles. The highest BCUT2D eigenvalue weighted by molar-refractivity contribution is 7.92. The molecule has 0 aliphatic heterocycles. The Hall–Kier alpha value is -1.89. The fourth-order valence-electron chi connectivity index (χ4n) is 1.55.